The molecule has 0 radical (unpaired) electrons. The molecule has 0 aromatic carbocycles. The number of aromatic amines is 1. The van der Waals surface area contributed by atoms with Crippen LogP contribution < -0.4 is 10.9 Å². The molecule has 19 heavy (non-hydrogen) atoms. The van der Waals surface area contributed by atoms with Gasteiger partial charge in [0.1, 0.15) is 10.5 Å². The second-order valence-electron chi connectivity index (χ2n) is 5.22. The molecule has 1 fully saturated rings. The molecule has 1 saturated carbocycles. The van der Waals surface area contributed by atoms with Crippen LogP contribution in [0.25, 0.3) is 10.2 Å². The molecule has 0 aliphatic heterocycles. The van der Waals surface area contributed by atoms with Crippen molar-refractivity contribution in [2.75, 3.05) is 0 Å². The van der Waals surface area contributed by atoms with E-state index in [4.69, 9.17) is 0 Å². The molecular formula is C14H19N3OS. The lowest BCUT2D eigenvalue weighted by atomic mass is 10.1. The van der Waals surface area contributed by atoms with Gasteiger partial charge >= 0.3 is 0 Å². The van der Waals surface area contributed by atoms with Crippen LogP contribution in [-0.4, -0.2) is 16.0 Å². The number of nitrogens with one attached hydrogen (secondary N) is 2. The zero-order valence-corrected chi connectivity index (χ0v) is 11.8. The summed E-state index contributed by atoms with van der Waals surface area (Å²) in [7, 11) is 0. The second-order valence-corrected chi connectivity index (χ2v) is 6.13. The fourth-order valence-corrected chi connectivity index (χ4v) is 3.46. The zero-order valence-electron chi connectivity index (χ0n) is 10.9. The van der Waals surface area contributed by atoms with Crippen LogP contribution in [0.1, 0.15) is 44.3 Å². The number of hydrogen-bond donors (Lipinski definition) is 2. The van der Waals surface area contributed by atoms with Crippen molar-refractivity contribution in [1.82, 2.24) is 15.3 Å². The normalized spacial score (nSPS) is 17.7. The highest BCUT2D eigenvalue weighted by molar-refractivity contribution is 7.17. The van der Waals surface area contributed by atoms with Crippen molar-refractivity contribution < 1.29 is 0 Å². The summed E-state index contributed by atoms with van der Waals surface area (Å²) in [5, 5.41) is 5.44. The first kappa shape index (κ1) is 12.8. The lowest BCUT2D eigenvalue weighted by Crippen LogP contribution is -2.29. The van der Waals surface area contributed by atoms with Crippen molar-refractivity contribution >= 4 is 21.6 Å². The fraction of sp³-hybridized carbons (Fsp3) is 0.571. The lowest BCUT2D eigenvalue weighted by Gasteiger charge is -2.15. The Bertz CT molecular complexity index is 596. The van der Waals surface area contributed by atoms with Crippen LogP contribution in [0.15, 0.2) is 16.2 Å². The van der Waals surface area contributed by atoms with Gasteiger partial charge in [-0.05, 0) is 24.3 Å². The smallest absolute Gasteiger partial charge is 0.268 e. The van der Waals surface area contributed by atoms with Gasteiger partial charge in [0.2, 0.25) is 0 Å². The quantitative estimate of drug-likeness (QED) is 0.848. The SMILES string of the molecule is O=c1[nH]c(CNC2CCCCCC2)nc2ccsc12. The van der Waals surface area contributed by atoms with Gasteiger partial charge in [-0.1, -0.05) is 25.7 Å². The maximum absolute atomic E-state index is 11.9. The number of hydrogen-bond acceptors (Lipinski definition) is 4. The number of thiophene rings is 1. The summed E-state index contributed by atoms with van der Waals surface area (Å²) in [5.74, 6) is 0.750. The topological polar surface area (TPSA) is 57.8 Å². The number of aromatic nitrogens is 2. The van der Waals surface area contributed by atoms with Gasteiger partial charge in [0.25, 0.3) is 5.56 Å². The molecule has 0 saturated heterocycles. The Morgan fingerprint density at radius 3 is 2.89 bits per heavy atom. The molecule has 0 amide bonds. The average Bonchev–Trinajstić information content (AvgIpc) is 2.73. The van der Waals surface area contributed by atoms with Crippen LogP contribution in [0.4, 0.5) is 0 Å². The molecule has 2 aromatic rings. The van der Waals surface area contributed by atoms with Crippen molar-refractivity contribution in [2.45, 2.75) is 51.1 Å². The minimum Gasteiger partial charge on any atom is -0.308 e. The van der Waals surface area contributed by atoms with E-state index in [0.29, 0.717) is 12.6 Å². The lowest BCUT2D eigenvalue weighted by molar-refractivity contribution is 0.453. The third kappa shape index (κ3) is 3.04. The molecule has 2 aromatic heterocycles. The fourth-order valence-electron chi connectivity index (χ4n) is 2.73. The maximum Gasteiger partial charge on any atom is 0.268 e. The third-order valence-electron chi connectivity index (χ3n) is 3.78. The number of rotatable bonds is 3. The highest BCUT2D eigenvalue weighted by atomic mass is 32.1. The van der Waals surface area contributed by atoms with Crippen molar-refractivity contribution in [3.63, 3.8) is 0 Å². The Balaban J connectivity index is 1.69. The summed E-state index contributed by atoms with van der Waals surface area (Å²) in [5.41, 5.74) is 0.795. The van der Waals surface area contributed by atoms with Gasteiger partial charge in [0.15, 0.2) is 0 Å². The van der Waals surface area contributed by atoms with E-state index in [0.717, 1.165) is 16.0 Å². The van der Waals surface area contributed by atoms with Crippen LogP contribution in [0.5, 0.6) is 0 Å². The molecule has 4 nitrogen and oxygen atoms in total. The molecule has 2 N–H and O–H groups in total. The first-order valence-corrected chi connectivity index (χ1v) is 7.91. The van der Waals surface area contributed by atoms with E-state index in [1.807, 2.05) is 11.4 Å². The summed E-state index contributed by atoms with van der Waals surface area (Å²) in [4.78, 5) is 19.2. The van der Waals surface area contributed by atoms with Crippen molar-refractivity contribution in [1.29, 1.82) is 0 Å². The molecule has 0 unspecified atom stereocenters. The van der Waals surface area contributed by atoms with E-state index in [9.17, 15) is 4.79 Å². The van der Waals surface area contributed by atoms with Crippen LogP contribution in [0.3, 0.4) is 0 Å². The van der Waals surface area contributed by atoms with Gasteiger partial charge in [-0.25, -0.2) is 4.98 Å². The van der Waals surface area contributed by atoms with E-state index >= 15 is 0 Å². The van der Waals surface area contributed by atoms with E-state index in [1.165, 1.54) is 49.9 Å². The largest absolute Gasteiger partial charge is 0.308 e. The third-order valence-corrected chi connectivity index (χ3v) is 4.68. The minimum absolute atomic E-state index is 0.0160. The van der Waals surface area contributed by atoms with Gasteiger partial charge in [-0.3, -0.25) is 4.79 Å². The molecule has 1 aliphatic carbocycles. The predicted molar refractivity (Wildman–Crippen MR) is 78.6 cm³/mol. The molecule has 102 valence electrons. The van der Waals surface area contributed by atoms with E-state index < -0.39 is 0 Å². The van der Waals surface area contributed by atoms with Crippen molar-refractivity contribution in [3.05, 3.63) is 27.6 Å². The first-order chi connectivity index (χ1) is 9.33. The predicted octanol–water partition coefficient (Wildman–Crippen LogP) is 2.80. The van der Waals surface area contributed by atoms with Crippen molar-refractivity contribution in [3.8, 4) is 0 Å². The van der Waals surface area contributed by atoms with Gasteiger partial charge in [0, 0.05) is 6.04 Å². The van der Waals surface area contributed by atoms with Gasteiger partial charge in [-0.15, -0.1) is 11.3 Å². The summed E-state index contributed by atoms with van der Waals surface area (Å²) in [6, 6.07) is 2.48. The van der Waals surface area contributed by atoms with E-state index in [2.05, 4.69) is 15.3 Å². The highest BCUT2D eigenvalue weighted by Gasteiger charge is 2.12. The Kier molecular flexibility index (Phi) is 3.94. The Hall–Kier alpha value is -1.20. The van der Waals surface area contributed by atoms with E-state index in [-0.39, 0.29) is 5.56 Å². The van der Waals surface area contributed by atoms with Crippen LogP contribution in [0.2, 0.25) is 0 Å². The van der Waals surface area contributed by atoms with E-state index in [1.54, 1.807) is 0 Å². The molecular weight excluding hydrogens is 258 g/mol. The minimum atomic E-state index is -0.0160. The molecule has 5 heteroatoms. The molecule has 3 rings (SSSR count). The number of nitrogens with zero attached hydrogens (tertiary/aromatic N) is 1. The Morgan fingerprint density at radius 1 is 1.32 bits per heavy atom. The maximum atomic E-state index is 11.9. The molecule has 0 bridgehead atoms. The second kappa shape index (κ2) is 5.84. The zero-order chi connectivity index (χ0) is 13.1. The number of H-pyrrole nitrogens is 1. The standard InChI is InChI=1S/C14H19N3OS/c18-14-13-11(7-8-19-13)16-12(17-14)9-15-10-5-3-1-2-4-6-10/h7-8,10,15H,1-6,9H2,(H,16,17,18). The van der Waals surface area contributed by atoms with Crippen LogP contribution in [-0.2, 0) is 6.54 Å². The van der Waals surface area contributed by atoms with Gasteiger partial charge in [0.05, 0.1) is 12.1 Å². The Morgan fingerprint density at radius 2 is 2.11 bits per heavy atom. The average molecular weight is 277 g/mol. The Labute approximate surface area is 116 Å². The summed E-state index contributed by atoms with van der Waals surface area (Å²) in [6.45, 7) is 0.658. The molecule has 0 atom stereocenters. The van der Waals surface area contributed by atoms with Gasteiger partial charge < -0.3 is 10.3 Å². The highest BCUT2D eigenvalue weighted by Crippen LogP contribution is 2.18. The molecule has 2 heterocycles. The summed E-state index contributed by atoms with van der Waals surface area (Å²) < 4.78 is 0.721. The summed E-state index contributed by atoms with van der Waals surface area (Å²) >= 11 is 1.44. The number of fused-ring (bicyclic) bond motifs is 1. The first-order valence-electron chi connectivity index (χ1n) is 7.03. The van der Waals surface area contributed by atoms with Crippen molar-refractivity contribution in [2.24, 2.45) is 0 Å². The van der Waals surface area contributed by atoms with Crippen LogP contribution >= 0.6 is 11.3 Å². The molecule has 0 spiro atoms. The van der Waals surface area contributed by atoms with Gasteiger partial charge in [-0.2, -0.15) is 0 Å². The molecule has 1 aliphatic rings. The summed E-state index contributed by atoms with van der Waals surface area (Å²) in [6.07, 6.45) is 7.81. The monoisotopic (exact) mass is 277 g/mol. The van der Waals surface area contributed by atoms with Crippen LogP contribution in [0, 0.1) is 0 Å².